The Morgan fingerprint density at radius 2 is 1.82 bits per heavy atom. The topological polar surface area (TPSA) is 80.2 Å². The number of pyridine rings is 1. The second-order valence-electron chi connectivity index (χ2n) is 8.58. The van der Waals surface area contributed by atoms with E-state index in [0.29, 0.717) is 11.3 Å². The number of nitrogens with zero attached hydrogens (tertiary/aromatic N) is 4. The molecule has 0 spiro atoms. The molecule has 0 saturated carbocycles. The maximum absolute atomic E-state index is 12.8. The van der Waals surface area contributed by atoms with E-state index in [1.807, 2.05) is 0 Å². The Bertz CT molecular complexity index is 1140. The average molecular weight is 457 g/mol. The summed E-state index contributed by atoms with van der Waals surface area (Å²) in [4.78, 5) is 27.8. The lowest BCUT2D eigenvalue weighted by atomic mass is 9.93. The van der Waals surface area contributed by atoms with Crippen molar-refractivity contribution in [2.75, 3.05) is 23.3 Å². The van der Waals surface area contributed by atoms with Crippen LogP contribution in [0.4, 0.5) is 24.7 Å². The zero-order valence-electron chi connectivity index (χ0n) is 18.1. The number of hydrogen-bond donors (Lipinski definition) is 1. The molecule has 0 radical (unpaired) electrons. The monoisotopic (exact) mass is 457 g/mol. The molecule has 0 bridgehead atoms. The molecular weight excluding hydrogens is 435 g/mol. The molecule has 1 saturated heterocycles. The second kappa shape index (κ2) is 8.68. The number of aromatic nitrogens is 3. The third kappa shape index (κ3) is 5.57. The summed E-state index contributed by atoms with van der Waals surface area (Å²) >= 11 is 0. The van der Waals surface area contributed by atoms with Gasteiger partial charge in [0.2, 0.25) is 0 Å². The normalized spacial score (nSPS) is 15.4. The molecule has 1 aromatic carbocycles. The van der Waals surface area contributed by atoms with Crippen molar-refractivity contribution in [3.63, 3.8) is 0 Å². The van der Waals surface area contributed by atoms with Crippen LogP contribution in [0.5, 0.6) is 5.75 Å². The Labute approximate surface area is 188 Å². The highest BCUT2D eigenvalue weighted by atomic mass is 19.4. The number of carbonyl (C=O) groups is 1. The molecule has 172 valence electrons. The molecule has 3 aromatic rings. The van der Waals surface area contributed by atoms with Crippen molar-refractivity contribution in [1.82, 2.24) is 15.0 Å². The van der Waals surface area contributed by atoms with Gasteiger partial charge in [0.15, 0.2) is 0 Å². The molecule has 0 unspecified atom stereocenters. The van der Waals surface area contributed by atoms with Gasteiger partial charge < -0.3 is 15.0 Å². The summed E-state index contributed by atoms with van der Waals surface area (Å²) in [6, 6.07) is 6.65. The Morgan fingerprint density at radius 1 is 1.12 bits per heavy atom. The van der Waals surface area contributed by atoms with E-state index in [4.69, 9.17) is 0 Å². The van der Waals surface area contributed by atoms with Crippen molar-refractivity contribution in [3.8, 4) is 16.9 Å². The third-order valence-electron chi connectivity index (χ3n) is 5.32. The average Bonchev–Trinajstić information content (AvgIpc) is 3.14. The number of alkyl halides is 3. The highest BCUT2D eigenvalue weighted by Gasteiger charge is 2.32. The van der Waals surface area contributed by atoms with Crippen LogP contribution in [0.3, 0.4) is 0 Å². The van der Waals surface area contributed by atoms with Crippen LogP contribution in [0.25, 0.3) is 11.1 Å². The van der Waals surface area contributed by atoms with Crippen LogP contribution in [0.15, 0.2) is 55.2 Å². The van der Waals surface area contributed by atoms with Gasteiger partial charge in [-0.3, -0.25) is 4.79 Å². The minimum Gasteiger partial charge on any atom is -0.406 e. The fourth-order valence-electron chi connectivity index (χ4n) is 3.72. The number of rotatable bonds is 5. The third-order valence-corrected chi connectivity index (χ3v) is 5.32. The molecule has 0 aliphatic carbocycles. The van der Waals surface area contributed by atoms with Crippen LogP contribution < -0.4 is 15.0 Å². The predicted molar refractivity (Wildman–Crippen MR) is 117 cm³/mol. The van der Waals surface area contributed by atoms with Crippen LogP contribution in [0.2, 0.25) is 0 Å². The summed E-state index contributed by atoms with van der Waals surface area (Å²) in [7, 11) is 0. The smallest absolute Gasteiger partial charge is 0.406 e. The predicted octanol–water partition coefficient (Wildman–Crippen LogP) is 4.93. The molecule has 1 fully saturated rings. The van der Waals surface area contributed by atoms with Gasteiger partial charge in [0.05, 0.1) is 5.56 Å². The lowest BCUT2D eigenvalue weighted by molar-refractivity contribution is -0.274. The number of hydrogen-bond acceptors (Lipinski definition) is 6. The van der Waals surface area contributed by atoms with Crippen molar-refractivity contribution in [2.45, 2.75) is 26.6 Å². The minimum atomic E-state index is -4.78. The van der Waals surface area contributed by atoms with E-state index < -0.39 is 12.3 Å². The summed E-state index contributed by atoms with van der Waals surface area (Å²) in [5.41, 5.74) is 2.24. The second-order valence-corrected chi connectivity index (χ2v) is 8.58. The van der Waals surface area contributed by atoms with Gasteiger partial charge in [0.1, 0.15) is 17.9 Å². The molecule has 7 nitrogen and oxygen atoms in total. The quantitative estimate of drug-likeness (QED) is 0.586. The van der Waals surface area contributed by atoms with Gasteiger partial charge in [-0.15, -0.1) is 13.2 Å². The molecule has 0 atom stereocenters. The lowest BCUT2D eigenvalue weighted by Gasteiger charge is -2.23. The first-order chi connectivity index (χ1) is 15.6. The molecule has 1 aliphatic heterocycles. The van der Waals surface area contributed by atoms with E-state index in [9.17, 15) is 18.0 Å². The molecule has 1 amide bonds. The van der Waals surface area contributed by atoms with Crippen molar-refractivity contribution in [2.24, 2.45) is 5.41 Å². The van der Waals surface area contributed by atoms with Gasteiger partial charge in [-0.25, -0.2) is 15.0 Å². The van der Waals surface area contributed by atoms with Crippen LogP contribution >= 0.6 is 0 Å². The van der Waals surface area contributed by atoms with E-state index in [0.717, 1.165) is 48.6 Å². The maximum Gasteiger partial charge on any atom is 0.573 e. The highest BCUT2D eigenvalue weighted by molar-refractivity contribution is 6.05. The summed E-state index contributed by atoms with van der Waals surface area (Å²) in [5, 5.41) is 2.67. The lowest BCUT2D eigenvalue weighted by Crippen LogP contribution is -2.24. The minimum absolute atomic E-state index is 0.157. The fourth-order valence-corrected chi connectivity index (χ4v) is 3.72. The van der Waals surface area contributed by atoms with Crippen LogP contribution in [0, 0.1) is 5.41 Å². The number of nitrogens with one attached hydrogen (secondary N) is 1. The van der Waals surface area contributed by atoms with Gasteiger partial charge in [-0.05, 0) is 42.2 Å². The highest BCUT2D eigenvalue weighted by Crippen LogP contribution is 2.36. The van der Waals surface area contributed by atoms with E-state index in [1.54, 1.807) is 18.5 Å². The van der Waals surface area contributed by atoms with Crippen LogP contribution in [0.1, 0.15) is 30.6 Å². The van der Waals surface area contributed by atoms with Gasteiger partial charge >= 0.3 is 6.36 Å². The van der Waals surface area contributed by atoms with Gasteiger partial charge in [-0.1, -0.05) is 13.8 Å². The number of anilines is 2. The summed E-state index contributed by atoms with van der Waals surface area (Å²) in [5.74, 6) is -0.0645. The Balaban J connectivity index is 1.58. The standard InChI is InChI=1S/C23H22F3N5O2/c1-22(2)7-8-31(13-22)20-19(16-10-27-14-28-11-16)9-15(12-29-20)21(32)30-17-3-5-18(6-4-17)33-23(24,25)26/h3-6,9-12,14H,7-8,13H2,1-2H3,(H,30,32). The van der Waals surface area contributed by atoms with E-state index in [2.05, 4.69) is 43.8 Å². The molecule has 33 heavy (non-hydrogen) atoms. The summed E-state index contributed by atoms with van der Waals surface area (Å²) in [6.45, 7) is 6.08. The number of amides is 1. The van der Waals surface area contributed by atoms with Crippen molar-refractivity contribution in [1.29, 1.82) is 0 Å². The first-order valence-electron chi connectivity index (χ1n) is 10.3. The van der Waals surface area contributed by atoms with E-state index in [-0.39, 0.29) is 11.2 Å². The summed E-state index contributed by atoms with van der Waals surface area (Å²) in [6.07, 6.45) is 2.49. The van der Waals surface area contributed by atoms with Crippen molar-refractivity contribution in [3.05, 3.63) is 60.8 Å². The molecule has 2 aromatic heterocycles. The maximum atomic E-state index is 12.8. The molecule has 1 aliphatic rings. The van der Waals surface area contributed by atoms with Gasteiger partial charge in [0.25, 0.3) is 5.91 Å². The number of ether oxygens (including phenoxy) is 1. The Hall–Kier alpha value is -3.69. The Morgan fingerprint density at radius 3 is 2.42 bits per heavy atom. The zero-order valence-corrected chi connectivity index (χ0v) is 18.1. The first-order valence-corrected chi connectivity index (χ1v) is 10.3. The van der Waals surface area contributed by atoms with Crippen molar-refractivity contribution < 1.29 is 22.7 Å². The first kappa shape index (κ1) is 22.5. The van der Waals surface area contributed by atoms with Crippen LogP contribution in [-0.2, 0) is 0 Å². The van der Waals surface area contributed by atoms with Gasteiger partial charge in [0, 0.05) is 48.5 Å². The zero-order chi connectivity index (χ0) is 23.6. The van der Waals surface area contributed by atoms with E-state index >= 15 is 0 Å². The number of benzene rings is 1. The number of halogens is 3. The molecule has 3 heterocycles. The molecule has 1 N–H and O–H groups in total. The number of carbonyl (C=O) groups excluding carboxylic acids is 1. The summed E-state index contributed by atoms with van der Waals surface area (Å²) < 4.78 is 40.8. The van der Waals surface area contributed by atoms with E-state index in [1.165, 1.54) is 24.7 Å². The molecule has 4 rings (SSSR count). The SMILES string of the molecule is CC1(C)CCN(c2ncc(C(=O)Nc3ccc(OC(F)(F)F)cc3)cc2-c2cncnc2)C1. The largest absolute Gasteiger partial charge is 0.573 e. The van der Waals surface area contributed by atoms with Crippen molar-refractivity contribution >= 4 is 17.4 Å². The van der Waals surface area contributed by atoms with Gasteiger partial charge in [-0.2, -0.15) is 0 Å². The fraction of sp³-hybridized carbons (Fsp3) is 0.304. The Kier molecular flexibility index (Phi) is 5.92. The molecular formula is C23H22F3N5O2. The van der Waals surface area contributed by atoms with Crippen LogP contribution in [-0.4, -0.2) is 40.3 Å². The molecule has 10 heteroatoms.